The predicted octanol–water partition coefficient (Wildman–Crippen LogP) is 4.47. The maximum atomic E-state index is 4.80. The molecule has 150 valence electrons. The van der Waals surface area contributed by atoms with Crippen molar-refractivity contribution in [2.24, 2.45) is 0 Å². The normalized spacial score (nSPS) is 14.8. The molecule has 1 aliphatic rings. The quantitative estimate of drug-likeness (QED) is 0.700. The first kappa shape index (κ1) is 19.4. The van der Waals surface area contributed by atoms with Gasteiger partial charge in [-0.2, -0.15) is 4.98 Å². The standard InChI is InChI=1S/C24H29N5/c1-18-9-10-22(15-19(18)2)26-24-25-20(3)16-23(27-24)29-13-11-28(12-14-29)17-21-7-5-4-6-8-21/h4-10,15-16H,11-14,17H2,1-3H3,(H,25,26,27). The van der Waals surface area contributed by atoms with Crippen LogP contribution in [0.3, 0.4) is 0 Å². The van der Waals surface area contributed by atoms with E-state index in [2.05, 4.69) is 88.5 Å². The average molecular weight is 388 g/mol. The highest BCUT2D eigenvalue weighted by Crippen LogP contribution is 2.21. The van der Waals surface area contributed by atoms with Crippen molar-refractivity contribution in [1.82, 2.24) is 14.9 Å². The molecule has 2 aromatic carbocycles. The van der Waals surface area contributed by atoms with Gasteiger partial charge in [-0.1, -0.05) is 36.4 Å². The Balaban J connectivity index is 1.42. The fourth-order valence-electron chi connectivity index (χ4n) is 3.69. The Morgan fingerprint density at radius 3 is 2.31 bits per heavy atom. The summed E-state index contributed by atoms with van der Waals surface area (Å²) in [6, 6.07) is 19.1. The molecule has 0 atom stereocenters. The molecule has 3 aromatic rings. The van der Waals surface area contributed by atoms with Crippen molar-refractivity contribution in [1.29, 1.82) is 0 Å². The van der Waals surface area contributed by atoms with Crippen LogP contribution in [0.4, 0.5) is 17.5 Å². The molecule has 0 aliphatic carbocycles. The van der Waals surface area contributed by atoms with Gasteiger partial charge >= 0.3 is 0 Å². The topological polar surface area (TPSA) is 44.3 Å². The van der Waals surface area contributed by atoms with Gasteiger partial charge in [-0.3, -0.25) is 4.90 Å². The lowest BCUT2D eigenvalue weighted by Gasteiger charge is -2.35. The summed E-state index contributed by atoms with van der Waals surface area (Å²) < 4.78 is 0. The largest absolute Gasteiger partial charge is 0.354 e. The van der Waals surface area contributed by atoms with Crippen LogP contribution in [0.5, 0.6) is 0 Å². The average Bonchev–Trinajstić information content (AvgIpc) is 2.72. The predicted molar refractivity (Wildman–Crippen MR) is 120 cm³/mol. The van der Waals surface area contributed by atoms with Crippen LogP contribution in [0, 0.1) is 20.8 Å². The van der Waals surface area contributed by atoms with Crippen LogP contribution in [0.2, 0.25) is 0 Å². The number of aryl methyl sites for hydroxylation is 3. The van der Waals surface area contributed by atoms with Crippen molar-refractivity contribution in [2.45, 2.75) is 27.3 Å². The number of hydrogen-bond donors (Lipinski definition) is 1. The number of rotatable bonds is 5. The smallest absolute Gasteiger partial charge is 0.229 e. The molecule has 0 unspecified atom stereocenters. The van der Waals surface area contributed by atoms with Crippen molar-refractivity contribution >= 4 is 17.5 Å². The zero-order chi connectivity index (χ0) is 20.2. The summed E-state index contributed by atoms with van der Waals surface area (Å²) in [5.41, 5.74) is 5.93. The number of piperazine rings is 1. The first-order valence-electron chi connectivity index (χ1n) is 10.3. The minimum absolute atomic E-state index is 0.662. The monoisotopic (exact) mass is 387 g/mol. The van der Waals surface area contributed by atoms with Gasteiger partial charge < -0.3 is 10.2 Å². The molecule has 0 saturated carbocycles. The molecule has 1 N–H and O–H groups in total. The molecular weight excluding hydrogens is 358 g/mol. The number of nitrogens with zero attached hydrogens (tertiary/aromatic N) is 4. The van der Waals surface area contributed by atoms with E-state index in [4.69, 9.17) is 4.98 Å². The van der Waals surface area contributed by atoms with Crippen LogP contribution in [-0.2, 0) is 6.54 Å². The van der Waals surface area contributed by atoms with E-state index in [0.717, 1.165) is 49.9 Å². The van der Waals surface area contributed by atoms with E-state index < -0.39 is 0 Å². The van der Waals surface area contributed by atoms with Gasteiger partial charge in [0.15, 0.2) is 0 Å². The summed E-state index contributed by atoms with van der Waals surface area (Å²) >= 11 is 0. The van der Waals surface area contributed by atoms with Gasteiger partial charge in [0.05, 0.1) is 0 Å². The molecule has 0 amide bonds. The number of nitrogens with one attached hydrogen (secondary N) is 1. The molecule has 1 fully saturated rings. The fourth-order valence-corrected chi connectivity index (χ4v) is 3.69. The lowest BCUT2D eigenvalue weighted by atomic mass is 10.1. The maximum Gasteiger partial charge on any atom is 0.229 e. The highest BCUT2D eigenvalue weighted by atomic mass is 15.3. The Morgan fingerprint density at radius 1 is 0.828 bits per heavy atom. The molecule has 0 spiro atoms. The van der Waals surface area contributed by atoms with Crippen LogP contribution in [0.25, 0.3) is 0 Å². The van der Waals surface area contributed by atoms with Gasteiger partial charge in [0, 0.05) is 50.2 Å². The molecule has 1 aliphatic heterocycles. The molecule has 1 aromatic heterocycles. The van der Waals surface area contributed by atoms with Gasteiger partial charge in [0.2, 0.25) is 5.95 Å². The number of anilines is 3. The summed E-state index contributed by atoms with van der Waals surface area (Å²) in [5, 5.41) is 3.37. The number of aromatic nitrogens is 2. The van der Waals surface area contributed by atoms with Crippen LogP contribution < -0.4 is 10.2 Å². The second-order valence-corrected chi connectivity index (χ2v) is 7.86. The lowest BCUT2D eigenvalue weighted by Crippen LogP contribution is -2.46. The zero-order valence-corrected chi connectivity index (χ0v) is 17.5. The van der Waals surface area contributed by atoms with E-state index in [-0.39, 0.29) is 0 Å². The summed E-state index contributed by atoms with van der Waals surface area (Å²) in [6.45, 7) is 11.3. The van der Waals surface area contributed by atoms with E-state index in [1.807, 2.05) is 6.92 Å². The van der Waals surface area contributed by atoms with Gasteiger partial charge in [-0.25, -0.2) is 4.98 Å². The van der Waals surface area contributed by atoms with E-state index in [0.29, 0.717) is 5.95 Å². The molecule has 5 nitrogen and oxygen atoms in total. The summed E-state index contributed by atoms with van der Waals surface area (Å²) in [7, 11) is 0. The van der Waals surface area contributed by atoms with Crippen molar-refractivity contribution < 1.29 is 0 Å². The maximum absolute atomic E-state index is 4.80. The van der Waals surface area contributed by atoms with Crippen LogP contribution in [-0.4, -0.2) is 41.0 Å². The third-order valence-electron chi connectivity index (χ3n) is 5.55. The molecular formula is C24H29N5. The fraction of sp³-hybridized carbons (Fsp3) is 0.333. The lowest BCUT2D eigenvalue weighted by molar-refractivity contribution is 0.249. The molecule has 1 saturated heterocycles. The van der Waals surface area contributed by atoms with Crippen molar-refractivity contribution in [2.75, 3.05) is 36.4 Å². The summed E-state index contributed by atoms with van der Waals surface area (Å²) in [6.07, 6.45) is 0. The highest BCUT2D eigenvalue weighted by molar-refractivity contribution is 5.57. The summed E-state index contributed by atoms with van der Waals surface area (Å²) in [5.74, 6) is 1.66. The second kappa shape index (κ2) is 8.62. The molecule has 2 heterocycles. The van der Waals surface area contributed by atoms with Crippen molar-refractivity contribution in [3.63, 3.8) is 0 Å². The Bertz CT molecular complexity index is 962. The SMILES string of the molecule is Cc1cc(N2CCN(Cc3ccccc3)CC2)nc(Nc2ccc(C)c(C)c2)n1. The Hall–Kier alpha value is -2.92. The number of benzene rings is 2. The van der Waals surface area contributed by atoms with Gasteiger partial charge in [-0.05, 0) is 49.6 Å². The van der Waals surface area contributed by atoms with E-state index in [9.17, 15) is 0 Å². The minimum atomic E-state index is 0.662. The second-order valence-electron chi connectivity index (χ2n) is 7.86. The first-order valence-corrected chi connectivity index (χ1v) is 10.3. The number of hydrogen-bond acceptors (Lipinski definition) is 5. The van der Waals surface area contributed by atoms with Gasteiger partial charge in [0.1, 0.15) is 5.82 Å². The van der Waals surface area contributed by atoms with Gasteiger partial charge in [0.25, 0.3) is 0 Å². The van der Waals surface area contributed by atoms with E-state index >= 15 is 0 Å². The van der Waals surface area contributed by atoms with E-state index in [1.54, 1.807) is 0 Å². The Morgan fingerprint density at radius 2 is 1.59 bits per heavy atom. The molecule has 29 heavy (non-hydrogen) atoms. The summed E-state index contributed by atoms with van der Waals surface area (Å²) in [4.78, 5) is 14.3. The first-order chi connectivity index (χ1) is 14.1. The van der Waals surface area contributed by atoms with E-state index in [1.165, 1.54) is 16.7 Å². The Labute approximate surface area is 173 Å². The molecule has 0 radical (unpaired) electrons. The van der Waals surface area contributed by atoms with Crippen LogP contribution in [0.15, 0.2) is 54.6 Å². The minimum Gasteiger partial charge on any atom is -0.354 e. The third-order valence-corrected chi connectivity index (χ3v) is 5.55. The third kappa shape index (κ3) is 4.93. The van der Waals surface area contributed by atoms with Crippen molar-refractivity contribution in [3.8, 4) is 0 Å². The molecule has 0 bridgehead atoms. The van der Waals surface area contributed by atoms with Crippen LogP contribution >= 0.6 is 0 Å². The molecule has 5 heteroatoms. The Kier molecular flexibility index (Phi) is 5.76. The van der Waals surface area contributed by atoms with Gasteiger partial charge in [-0.15, -0.1) is 0 Å². The highest BCUT2D eigenvalue weighted by Gasteiger charge is 2.19. The zero-order valence-electron chi connectivity index (χ0n) is 17.5. The van der Waals surface area contributed by atoms with Crippen molar-refractivity contribution in [3.05, 3.63) is 77.0 Å². The van der Waals surface area contributed by atoms with Crippen LogP contribution in [0.1, 0.15) is 22.4 Å². The molecule has 4 rings (SSSR count).